The van der Waals surface area contributed by atoms with Gasteiger partial charge in [-0.3, -0.25) is 4.79 Å². The van der Waals surface area contributed by atoms with Crippen LogP contribution >= 0.6 is 0 Å². The van der Waals surface area contributed by atoms with Gasteiger partial charge in [-0.25, -0.2) is 4.79 Å². The van der Waals surface area contributed by atoms with Crippen LogP contribution in [0.25, 0.3) is 0 Å². The Morgan fingerprint density at radius 1 is 1.20 bits per heavy atom. The Morgan fingerprint density at radius 3 is 2.70 bits per heavy atom. The third-order valence-corrected chi connectivity index (χ3v) is 3.28. The van der Waals surface area contributed by atoms with E-state index < -0.39 is 5.97 Å². The number of methoxy groups -OCH3 is 1. The Labute approximate surface area is 118 Å². The molecule has 1 fully saturated rings. The van der Waals surface area contributed by atoms with E-state index in [9.17, 15) is 9.59 Å². The van der Waals surface area contributed by atoms with Crippen molar-refractivity contribution in [1.82, 2.24) is 4.90 Å². The second-order valence-electron chi connectivity index (χ2n) is 4.75. The van der Waals surface area contributed by atoms with Gasteiger partial charge in [0.15, 0.2) is 11.5 Å². The van der Waals surface area contributed by atoms with Crippen molar-refractivity contribution in [3.05, 3.63) is 24.3 Å². The molecule has 20 heavy (non-hydrogen) atoms. The first-order valence-corrected chi connectivity index (χ1v) is 6.82. The smallest absolute Gasteiger partial charge is 0.331 e. The van der Waals surface area contributed by atoms with Crippen molar-refractivity contribution in [2.75, 3.05) is 20.2 Å². The standard InChI is InChI=1S/C15H19NO4/c1-19-12-7-4-5-8-13(12)20-15(18)11-16-10-6-2-3-9-14(16)17/h4-5,7-8H,2-3,6,9-11H2,1H3. The number of carbonyl (C=O) groups is 2. The van der Waals surface area contributed by atoms with Gasteiger partial charge in [-0.2, -0.15) is 0 Å². The fraction of sp³-hybridized carbons (Fsp3) is 0.467. The predicted molar refractivity (Wildman–Crippen MR) is 73.7 cm³/mol. The molecular formula is C15H19NO4. The summed E-state index contributed by atoms with van der Waals surface area (Å²) in [7, 11) is 1.52. The van der Waals surface area contributed by atoms with Gasteiger partial charge in [-0.05, 0) is 25.0 Å². The Hall–Kier alpha value is -2.04. The number of nitrogens with zero attached hydrogens (tertiary/aromatic N) is 1. The molecule has 5 nitrogen and oxygen atoms in total. The molecule has 0 N–H and O–H groups in total. The summed E-state index contributed by atoms with van der Waals surface area (Å²) in [5, 5.41) is 0. The fourth-order valence-electron chi connectivity index (χ4n) is 2.22. The van der Waals surface area contributed by atoms with Crippen molar-refractivity contribution in [1.29, 1.82) is 0 Å². The number of likely N-dealkylation sites (tertiary alicyclic amines) is 1. The summed E-state index contributed by atoms with van der Waals surface area (Å²) in [5.41, 5.74) is 0. The Balaban J connectivity index is 1.96. The largest absolute Gasteiger partial charge is 0.493 e. The zero-order chi connectivity index (χ0) is 14.4. The van der Waals surface area contributed by atoms with Gasteiger partial charge < -0.3 is 14.4 Å². The highest BCUT2D eigenvalue weighted by Gasteiger charge is 2.20. The molecule has 0 spiro atoms. The highest BCUT2D eigenvalue weighted by atomic mass is 16.6. The second-order valence-corrected chi connectivity index (χ2v) is 4.75. The topological polar surface area (TPSA) is 55.8 Å². The Kier molecular flexibility index (Phi) is 4.98. The molecule has 5 heteroatoms. The van der Waals surface area contributed by atoms with E-state index in [-0.39, 0.29) is 12.5 Å². The van der Waals surface area contributed by atoms with Crippen LogP contribution in [0.4, 0.5) is 0 Å². The molecule has 0 aromatic heterocycles. The summed E-state index contributed by atoms with van der Waals surface area (Å²) in [4.78, 5) is 25.3. The van der Waals surface area contributed by atoms with Crippen molar-refractivity contribution >= 4 is 11.9 Å². The number of hydrogen-bond donors (Lipinski definition) is 0. The van der Waals surface area contributed by atoms with Crippen molar-refractivity contribution in [2.45, 2.75) is 25.7 Å². The average molecular weight is 277 g/mol. The molecule has 0 saturated carbocycles. The maximum atomic E-state index is 11.9. The van der Waals surface area contributed by atoms with E-state index in [1.807, 2.05) is 0 Å². The summed E-state index contributed by atoms with van der Waals surface area (Å²) in [6.45, 7) is 0.622. The van der Waals surface area contributed by atoms with E-state index in [1.54, 1.807) is 29.2 Å². The van der Waals surface area contributed by atoms with Crippen LogP contribution in [0.15, 0.2) is 24.3 Å². The van der Waals surface area contributed by atoms with E-state index in [0.29, 0.717) is 24.5 Å². The molecule has 0 atom stereocenters. The first-order chi connectivity index (χ1) is 9.70. The zero-order valence-corrected chi connectivity index (χ0v) is 11.6. The monoisotopic (exact) mass is 277 g/mol. The Morgan fingerprint density at radius 2 is 1.95 bits per heavy atom. The summed E-state index contributed by atoms with van der Waals surface area (Å²) in [6.07, 6.45) is 3.39. The van der Waals surface area contributed by atoms with Gasteiger partial charge in [0, 0.05) is 13.0 Å². The fourth-order valence-corrected chi connectivity index (χ4v) is 2.22. The van der Waals surface area contributed by atoms with Gasteiger partial charge in [-0.1, -0.05) is 18.6 Å². The molecule has 2 rings (SSSR count). The van der Waals surface area contributed by atoms with Crippen LogP contribution in [0.1, 0.15) is 25.7 Å². The quantitative estimate of drug-likeness (QED) is 0.624. The molecule has 108 valence electrons. The molecule has 0 unspecified atom stereocenters. The summed E-state index contributed by atoms with van der Waals surface area (Å²) in [5.74, 6) is 0.467. The molecule has 1 aliphatic rings. The number of carbonyl (C=O) groups excluding carboxylic acids is 2. The van der Waals surface area contributed by atoms with E-state index >= 15 is 0 Å². The lowest BCUT2D eigenvalue weighted by molar-refractivity contribution is -0.142. The number of benzene rings is 1. The van der Waals surface area contributed by atoms with Crippen LogP contribution in [-0.2, 0) is 9.59 Å². The third kappa shape index (κ3) is 3.73. The molecule has 1 heterocycles. The molecule has 0 radical (unpaired) electrons. The van der Waals surface area contributed by atoms with Gasteiger partial charge in [0.2, 0.25) is 5.91 Å². The molecule has 0 aliphatic carbocycles. The van der Waals surface area contributed by atoms with Crippen molar-refractivity contribution in [3.8, 4) is 11.5 Å². The van der Waals surface area contributed by atoms with Gasteiger partial charge in [0.05, 0.1) is 7.11 Å². The number of ether oxygens (including phenoxy) is 2. The molecule has 0 bridgehead atoms. The maximum absolute atomic E-state index is 11.9. The lowest BCUT2D eigenvalue weighted by atomic mass is 10.2. The van der Waals surface area contributed by atoms with Gasteiger partial charge in [0.25, 0.3) is 0 Å². The normalized spacial score (nSPS) is 15.7. The van der Waals surface area contributed by atoms with E-state index in [1.165, 1.54) is 7.11 Å². The first kappa shape index (κ1) is 14.4. The average Bonchev–Trinajstić information content (AvgIpc) is 2.65. The first-order valence-electron chi connectivity index (χ1n) is 6.82. The molecule has 1 saturated heterocycles. The molecule has 1 aromatic rings. The van der Waals surface area contributed by atoms with Crippen LogP contribution in [0.2, 0.25) is 0 Å². The van der Waals surface area contributed by atoms with Crippen LogP contribution in [0.3, 0.4) is 0 Å². The number of amides is 1. The van der Waals surface area contributed by atoms with E-state index in [2.05, 4.69) is 0 Å². The van der Waals surface area contributed by atoms with Crippen molar-refractivity contribution < 1.29 is 19.1 Å². The van der Waals surface area contributed by atoms with Crippen LogP contribution in [0, 0.1) is 0 Å². The molecule has 1 amide bonds. The number of esters is 1. The molecule has 1 aliphatic heterocycles. The summed E-state index contributed by atoms with van der Waals surface area (Å²) >= 11 is 0. The minimum atomic E-state index is -0.440. The van der Waals surface area contributed by atoms with Gasteiger partial charge in [-0.15, -0.1) is 0 Å². The van der Waals surface area contributed by atoms with Crippen molar-refractivity contribution in [3.63, 3.8) is 0 Å². The summed E-state index contributed by atoms with van der Waals surface area (Å²) in [6, 6.07) is 6.96. The lowest BCUT2D eigenvalue weighted by Gasteiger charge is -2.19. The molecule has 1 aromatic carbocycles. The molecular weight excluding hydrogens is 258 g/mol. The summed E-state index contributed by atoms with van der Waals surface area (Å²) < 4.78 is 10.4. The van der Waals surface area contributed by atoms with Crippen LogP contribution < -0.4 is 9.47 Å². The predicted octanol–water partition coefficient (Wildman–Crippen LogP) is 2.00. The number of hydrogen-bond acceptors (Lipinski definition) is 4. The second kappa shape index (κ2) is 6.93. The minimum Gasteiger partial charge on any atom is -0.493 e. The number of rotatable bonds is 4. The van der Waals surface area contributed by atoms with E-state index in [0.717, 1.165) is 19.3 Å². The van der Waals surface area contributed by atoms with E-state index in [4.69, 9.17) is 9.47 Å². The Bertz CT molecular complexity index is 487. The zero-order valence-electron chi connectivity index (χ0n) is 11.6. The SMILES string of the molecule is COc1ccccc1OC(=O)CN1CCCCCC1=O. The minimum absolute atomic E-state index is 0.00309. The van der Waals surface area contributed by atoms with Crippen molar-refractivity contribution in [2.24, 2.45) is 0 Å². The highest BCUT2D eigenvalue weighted by Crippen LogP contribution is 2.26. The van der Waals surface area contributed by atoms with Crippen LogP contribution in [0.5, 0.6) is 11.5 Å². The highest BCUT2D eigenvalue weighted by molar-refractivity contribution is 5.83. The third-order valence-electron chi connectivity index (χ3n) is 3.28. The van der Waals surface area contributed by atoms with Gasteiger partial charge >= 0.3 is 5.97 Å². The van der Waals surface area contributed by atoms with Gasteiger partial charge in [0.1, 0.15) is 6.54 Å². The number of para-hydroxylation sites is 2. The van der Waals surface area contributed by atoms with Crippen LogP contribution in [-0.4, -0.2) is 37.0 Å². The lowest BCUT2D eigenvalue weighted by Crippen LogP contribution is -2.36. The maximum Gasteiger partial charge on any atom is 0.331 e.